The van der Waals surface area contributed by atoms with Crippen molar-refractivity contribution in [2.24, 2.45) is 12.5 Å². The zero-order valence-corrected chi connectivity index (χ0v) is 11.0. The van der Waals surface area contributed by atoms with Crippen molar-refractivity contribution in [3.05, 3.63) is 34.2 Å². The minimum absolute atomic E-state index is 0. The van der Waals surface area contributed by atoms with E-state index in [9.17, 15) is 4.79 Å². The molecule has 0 saturated heterocycles. The number of aromatic nitrogens is 2. The normalized spacial score (nSPS) is 16.5. The van der Waals surface area contributed by atoms with Gasteiger partial charge >= 0.3 is 5.69 Å². The Bertz CT molecular complexity index is 593. The van der Waals surface area contributed by atoms with Crippen LogP contribution in [0.4, 0.5) is 0 Å². The van der Waals surface area contributed by atoms with E-state index in [1.54, 1.807) is 11.6 Å². The van der Waals surface area contributed by atoms with Crippen LogP contribution in [0.3, 0.4) is 0 Å². The molecule has 0 spiro atoms. The molecule has 0 radical (unpaired) electrons. The first kappa shape index (κ1) is 12.0. The van der Waals surface area contributed by atoms with Crippen LogP contribution in [0, 0.1) is 12.3 Å². The molecular weight excluding hydrogens is 212 g/mol. The summed E-state index contributed by atoms with van der Waals surface area (Å²) in [5, 5.41) is 0. The molecule has 1 aromatic carbocycles. The summed E-state index contributed by atoms with van der Waals surface area (Å²) >= 11 is 0. The molecule has 1 aliphatic carbocycles. The molecule has 1 heterocycles. The van der Waals surface area contributed by atoms with Crippen LogP contribution in [0.2, 0.25) is 0 Å². The highest BCUT2D eigenvalue weighted by Gasteiger charge is 2.30. The number of aromatic amines is 1. The van der Waals surface area contributed by atoms with E-state index in [2.05, 4.69) is 18.8 Å². The van der Waals surface area contributed by atoms with Crippen LogP contribution in [-0.4, -0.2) is 9.55 Å². The summed E-state index contributed by atoms with van der Waals surface area (Å²) in [6, 6.07) is 5.90. The molecule has 1 aliphatic rings. The van der Waals surface area contributed by atoms with Gasteiger partial charge in [-0.1, -0.05) is 19.9 Å². The van der Waals surface area contributed by atoms with Crippen molar-refractivity contribution >= 4 is 11.0 Å². The van der Waals surface area contributed by atoms with Crippen LogP contribution in [0.5, 0.6) is 0 Å². The van der Waals surface area contributed by atoms with Gasteiger partial charge in [-0.3, -0.25) is 4.57 Å². The first-order valence-electron chi connectivity index (χ1n) is 6.04. The van der Waals surface area contributed by atoms with Crippen molar-refractivity contribution in [2.75, 3.05) is 0 Å². The van der Waals surface area contributed by atoms with Crippen molar-refractivity contribution < 1.29 is 2.85 Å². The highest BCUT2D eigenvalue weighted by molar-refractivity contribution is 5.75. The fourth-order valence-electron chi connectivity index (χ4n) is 1.58. The lowest BCUT2D eigenvalue weighted by molar-refractivity contribution is 0.653. The minimum Gasteiger partial charge on any atom is -0.306 e. The van der Waals surface area contributed by atoms with Gasteiger partial charge in [0.25, 0.3) is 0 Å². The lowest BCUT2D eigenvalue weighted by Crippen LogP contribution is -2.11. The van der Waals surface area contributed by atoms with Gasteiger partial charge in [0.05, 0.1) is 11.0 Å². The van der Waals surface area contributed by atoms with Crippen LogP contribution < -0.4 is 5.69 Å². The second kappa shape index (κ2) is 4.06. The minimum atomic E-state index is -0.0596. The third-order valence-corrected chi connectivity index (χ3v) is 3.31. The van der Waals surface area contributed by atoms with Crippen LogP contribution >= 0.6 is 0 Å². The van der Waals surface area contributed by atoms with E-state index < -0.39 is 0 Å². The van der Waals surface area contributed by atoms with Gasteiger partial charge in [0.15, 0.2) is 0 Å². The summed E-state index contributed by atoms with van der Waals surface area (Å²) in [5.74, 6) is 0. The number of benzene rings is 1. The van der Waals surface area contributed by atoms with Gasteiger partial charge in [0.2, 0.25) is 0 Å². The van der Waals surface area contributed by atoms with E-state index in [-0.39, 0.29) is 8.54 Å². The van der Waals surface area contributed by atoms with Crippen LogP contribution in [-0.2, 0) is 7.05 Å². The molecule has 0 atom stereocenters. The topological polar surface area (TPSA) is 37.8 Å². The summed E-state index contributed by atoms with van der Waals surface area (Å²) in [7, 11) is 1.76. The van der Waals surface area contributed by atoms with E-state index in [4.69, 9.17) is 0 Å². The third kappa shape index (κ3) is 2.78. The van der Waals surface area contributed by atoms with E-state index in [1.165, 1.54) is 12.8 Å². The number of fused-ring (bicyclic) bond motifs is 1. The second-order valence-corrected chi connectivity index (χ2v) is 5.67. The number of imidazole rings is 1. The van der Waals surface area contributed by atoms with Gasteiger partial charge in [-0.25, -0.2) is 4.79 Å². The zero-order valence-electron chi connectivity index (χ0n) is 11.0. The van der Waals surface area contributed by atoms with Gasteiger partial charge in [-0.05, 0) is 42.9 Å². The summed E-state index contributed by atoms with van der Waals surface area (Å²) in [6.07, 6.45) is 2.90. The van der Waals surface area contributed by atoms with Gasteiger partial charge in [-0.15, -0.1) is 0 Å². The number of H-pyrrole nitrogens is 1. The quantitative estimate of drug-likeness (QED) is 0.747. The monoisotopic (exact) mass is 236 g/mol. The zero-order chi connectivity index (χ0) is 12.6. The molecular formula is C14H24N2O. The molecule has 3 nitrogen and oxygen atoms in total. The molecule has 0 aliphatic heterocycles. The summed E-state index contributed by atoms with van der Waals surface area (Å²) in [5.41, 5.74) is 3.71. The smallest absolute Gasteiger partial charge is 0.306 e. The predicted octanol–water partition coefficient (Wildman–Crippen LogP) is 3.47. The molecule has 0 bridgehead atoms. The summed E-state index contributed by atoms with van der Waals surface area (Å²) in [6.45, 7) is 6.61. The summed E-state index contributed by atoms with van der Waals surface area (Å²) in [4.78, 5) is 13.9. The van der Waals surface area contributed by atoms with Crippen molar-refractivity contribution in [3.8, 4) is 0 Å². The average Bonchev–Trinajstić information content (AvgIpc) is 2.88. The Morgan fingerprint density at radius 3 is 2.47 bits per heavy atom. The Morgan fingerprint density at radius 2 is 1.94 bits per heavy atom. The molecule has 2 aromatic rings. The lowest BCUT2D eigenvalue weighted by atomic mass is 10.2. The SMILES string of the molecule is CC1(C)CC1.Cc1ccc2[nH]c(=O)n(C)c2c1.[HH].[HH]. The van der Waals surface area contributed by atoms with E-state index in [1.807, 2.05) is 25.1 Å². The fourth-order valence-corrected chi connectivity index (χ4v) is 1.58. The Morgan fingerprint density at radius 1 is 1.35 bits per heavy atom. The highest BCUT2D eigenvalue weighted by Crippen LogP contribution is 2.43. The molecule has 3 rings (SSSR count). The van der Waals surface area contributed by atoms with Gasteiger partial charge in [0, 0.05) is 9.90 Å². The largest absolute Gasteiger partial charge is 0.326 e. The summed E-state index contributed by atoms with van der Waals surface area (Å²) < 4.78 is 1.61. The maximum Gasteiger partial charge on any atom is 0.326 e. The van der Waals surface area contributed by atoms with Crippen LogP contribution in [0.15, 0.2) is 23.0 Å². The molecule has 17 heavy (non-hydrogen) atoms. The lowest BCUT2D eigenvalue weighted by Gasteiger charge is -1.94. The number of nitrogens with zero attached hydrogens (tertiary/aromatic N) is 1. The molecule has 1 saturated carbocycles. The number of hydrogen-bond donors (Lipinski definition) is 1. The molecule has 0 amide bonds. The Labute approximate surface area is 104 Å². The van der Waals surface area contributed by atoms with Gasteiger partial charge in [-0.2, -0.15) is 0 Å². The fraction of sp³-hybridized carbons (Fsp3) is 0.500. The maximum atomic E-state index is 11.2. The highest BCUT2D eigenvalue weighted by atomic mass is 16.1. The Hall–Kier alpha value is -1.51. The molecule has 0 unspecified atom stereocenters. The molecule has 96 valence electrons. The number of hydrogen-bond acceptors (Lipinski definition) is 1. The van der Waals surface area contributed by atoms with Crippen molar-refractivity contribution in [1.29, 1.82) is 0 Å². The van der Waals surface area contributed by atoms with Gasteiger partial charge < -0.3 is 4.98 Å². The maximum absolute atomic E-state index is 11.2. The van der Waals surface area contributed by atoms with Crippen LogP contribution in [0.1, 0.15) is 35.1 Å². The molecule has 3 heteroatoms. The Kier molecular flexibility index (Phi) is 2.86. The number of rotatable bonds is 0. The standard InChI is InChI=1S/C9H10N2O.C5H10.2H2/c1-6-3-4-7-8(5-6)11(2)9(12)10-7;1-5(2)3-4-5;;/h3-5H,1-2H3,(H,10,12);3-4H2,1-2H3;2*1H. The second-order valence-electron chi connectivity index (χ2n) is 5.67. The molecule has 1 N–H and O–H groups in total. The third-order valence-electron chi connectivity index (χ3n) is 3.31. The van der Waals surface area contributed by atoms with Crippen molar-refractivity contribution in [1.82, 2.24) is 9.55 Å². The molecule has 1 fully saturated rings. The average molecular weight is 236 g/mol. The van der Waals surface area contributed by atoms with Gasteiger partial charge in [0.1, 0.15) is 0 Å². The Balaban J connectivity index is 0.000000399. The van der Waals surface area contributed by atoms with Crippen molar-refractivity contribution in [3.63, 3.8) is 0 Å². The van der Waals surface area contributed by atoms with E-state index >= 15 is 0 Å². The number of nitrogens with one attached hydrogen (secondary N) is 1. The van der Waals surface area contributed by atoms with Crippen LogP contribution in [0.25, 0.3) is 11.0 Å². The van der Waals surface area contributed by atoms with E-state index in [0.717, 1.165) is 22.0 Å². The molecule has 1 aromatic heterocycles. The van der Waals surface area contributed by atoms with E-state index in [0.29, 0.717) is 0 Å². The first-order valence-corrected chi connectivity index (χ1v) is 6.04. The van der Waals surface area contributed by atoms with Crippen molar-refractivity contribution in [2.45, 2.75) is 33.6 Å². The first-order chi connectivity index (χ1) is 7.89. The predicted molar refractivity (Wildman–Crippen MR) is 75.5 cm³/mol. The number of aryl methyl sites for hydroxylation is 2.